The maximum absolute atomic E-state index is 13.8. The highest BCUT2D eigenvalue weighted by atomic mass is 35.5. The van der Waals surface area contributed by atoms with Gasteiger partial charge >= 0.3 is 0 Å². The zero-order chi connectivity index (χ0) is 25.9. The van der Waals surface area contributed by atoms with E-state index in [1.54, 1.807) is 0 Å². The molecule has 2 aromatic rings. The number of likely N-dealkylation sites (tertiary alicyclic amines) is 2. The SMILES string of the molecule is CN1CCC(C[C@@H](NC(=O)c2cc3ccc(Cl)cc3s2)C(=O)N2CCN(C3CCN(C)CC3)CC2)CC1. The summed E-state index contributed by atoms with van der Waals surface area (Å²) in [6, 6.07) is 7.73. The van der Waals surface area contributed by atoms with Crippen molar-refractivity contribution in [2.24, 2.45) is 5.92 Å². The van der Waals surface area contributed by atoms with Gasteiger partial charge < -0.3 is 20.0 Å². The van der Waals surface area contributed by atoms with Gasteiger partial charge in [-0.15, -0.1) is 11.3 Å². The van der Waals surface area contributed by atoms with E-state index in [1.165, 1.54) is 24.2 Å². The molecule has 1 atom stereocenters. The zero-order valence-electron chi connectivity index (χ0n) is 22.1. The van der Waals surface area contributed by atoms with Gasteiger partial charge in [0.15, 0.2) is 0 Å². The molecule has 9 heteroatoms. The number of carbonyl (C=O) groups excluding carboxylic acids is 2. The third kappa shape index (κ3) is 6.66. The smallest absolute Gasteiger partial charge is 0.262 e. The minimum Gasteiger partial charge on any atom is -0.340 e. The highest BCUT2D eigenvalue weighted by molar-refractivity contribution is 7.20. The third-order valence-electron chi connectivity index (χ3n) is 8.55. The molecule has 0 saturated carbocycles. The molecule has 0 aliphatic carbocycles. The standard InChI is InChI=1S/C28H40ClN5O2S/c1-31-9-5-20(6-10-31)17-24(30-27(35)26-18-21-3-4-22(29)19-25(21)37-26)28(36)34-15-13-33(14-16-34)23-7-11-32(2)12-8-23/h3-4,18-20,23-24H,5-17H2,1-2H3,(H,30,35)/t24-/m1/s1. The first-order valence-electron chi connectivity index (χ1n) is 13.8. The van der Waals surface area contributed by atoms with Crippen molar-refractivity contribution in [3.05, 3.63) is 34.2 Å². The van der Waals surface area contributed by atoms with E-state index < -0.39 is 6.04 Å². The Morgan fingerprint density at radius 2 is 1.59 bits per heavy atom. The van der Waals surface area contributed by atoms with Crippen LogP contribution in [0.3, 0.4) is 0 Å². The Balaban J connectivity index is 1.25. The van der Waals surface area contributed by atoms with Gasteiger partial charge in [-0.1, -0.05) is 17.7 Å². The van der Waals surface area contributed by atoms with Crippen molar-refractivity contribution in [1.82, 2.24) is 24.9 Å². The second-order valence-electron chi connectivity index (χ2n) is 11.2. The van der Waals surface area contributed by atoms with E-state index in [0.29, 0.717) is 28.3 Å². The summed E-state index contributed by atoms with van der Waals surface area (Å²) in [6.45, 7) is 7.73. The van der Waals surface area contributed by atoms with Crippen LogP contribution in [0.1, 0.15) is 41.8 Å². The molecule has 1 N–H and O–H groups in total. The number of hydrogen-bond donors (Lipinski definition) is 1. The Morgan fingerprint density at radius 1 is 0.946 bits per heavy atom. The molecule has 5 rings (SSSR count). The largest absolute Gasteiger partial charge is 0.340 e. The fourth-order valence-corrected chi connectivity index (χ4v) is 7.33. The predicted octanol–water partition coefficient (Wildman–Crippen LogP) is 3.62. The quantitative estimate of drug-likeness (QED) is 0.601. The number of rotatable bonds is 6. The van der Waals surface area contributed by atoms with Crippen LogP contribution in [-0.4, -0.2) is 110 Å². The van der Waals surface area contributed by atoms with Crippen molar-refractivity contribution in [3.8, 4) is 0 Å². The summed E-state index contributed by atoms with van der Waals surface area (Å²) in [5.74, 6) is 0.375. The number of nitrogens with zero attached hydrogens (tertiary/aromatic N) is 4. The van der Waals surface area contributed by atoms with Gasteiger partial charge in [0.25, 0.3) is 5.91 Å². The first-order valence-corrected chi connectivity index (χ1v) is 14.9. The molecule has 0 bridgehead atoms. The third-order valence-corrected chi connectivity index (χ3v) is 9.88. The molecule has 1 aromatic heterocycles. The first kappa shape index (κ1) is 26.9. The number of carbonyl (C=O) groups is 2. The van der Waals surface area contributed by atoms with Gasteiger partial charge in [0, 0.05) is 41.9 Å². The Hall–Kier alpha value is -1.71. The molecule has 0 radical (unpaired) electrons. The molecule has 7 nitrogen and oxygen atoms in total. The summed E-state index contributed by atoms with van der Waals surface area (Å²) < 4.78 is 0.987. The lowest BCUT2D eigenvalue weighted by molar-refractivity contribution is -0.136. The highest BCUT2D eigenvalue weighted by Gasteiger charge is 2.34. The van der Waals surface area contributed by atoms with E-state index in [4.69, 9.17) is 11.6 Å². The van der Waals surface area contributed by atoms with Crippen molar-refractivity contribution >= 4 is 44.8 Å². The van der Waals surface area contributed by atoms with Gasteiger partial charge in [-0.2, -0.15) is 0 Å². The van der Waals surface area contributed by atoms with Gasteiger partial charge in [-0.25, -0.2) is 0 Å². The van der Waals surface area contributed by atoms with E-state index in [-0.39, 0.29) is 11.8 Å². The monoisotopic (exact) mass is 545 g/mol. The molecule has 37 heavy (non-hydrogen) atoms. The van der Waals surface area contributed by atoms with Crippen LogP contribution in [-0.2, 0) is 4.79 Å². The number of hydrogen-bond acceptors (Lipinski definition) is 6. The molecule has 2 amide bonds. The van der Waals surface area contributed by atoms with Crippen molar-refractivity contribution in [2.75, 3.05) is 66.5 Å². The van der Waals surface area contributed by atoms with E-state index in [0.717, 1.165) is 75.3 Å². The van der Waals surface area contributed by atoms with Gasteiger partial charge in [-0.3, -0.25) is 14.5 Å². The first-order chi connectivity index (χ1) is 17.9. The number of nitrogens with one attached hydrogen (secondary N) is 1. The van der Waals surface area contributed by atoms with E-state index in [2.05, 4.69) is 34.1 Å². The number of benzene rings is 1. The van der Waals surface area contributed by atoms with Gasteiger partial charge in [0.1, 0.15) is 6.04 Å². The van der Waals surface area contributed by atoms with Crippen LogP contribution in [0.15, 0.2) is 24.3 Å². The maximum atomic E-state index is 13.8. The Labute approximate surface area is 229 Å². The number of fused-ring (bicyclic) bond motifs is 1. The molecule has 0 spiro atoms. The minimum atomic E-state index is -0.482. The normalized spacial score (nSPS) is 22.4. The maximum Gasteiger partial charge on any atom is 0.262 e. The summed E-state index contributed by atoms with van der Waals surface area (Å²) in [6.07, 6.45) is 5.27. The Kier molecular flexibility index (Phi) is 8.71. The highest BCUT2D eigenvalue weighted by Crippen LogP contribution is 2.29. The fraction of sp³-hybridized carbons (Fsp3) is 0.643. The second kappa shape index (κ2) is 12.0. The molecule has 202 valence electrons. The number of halogens is 1. The number of thiophene rings is 1. The summed E-state index contributed by atoms with van der Waals surface area (Å²) in [4.78, 5) is 37.1. The van der Waals surface area contributed by atoms with Crippen LogP contribution in [0.4, 0.5) is 0 Å². The topological polar surface area (TPSA) is 59.1 Å². The lowest BCUT2D eigenvalue weighted by atomic mass is 9.89. The van der Waals surface area contributed by atoms with Crippen molar-refractivity contribution in [1.29, 1.82) is 0 Å². The number of piperazine rings is 1. The van der Waals surface area contributed by atoms with Crippen molar-refractivity contribution in [3.63, 3.8) is 0 Å². The van der Waals surface area contributed by atoms with E-state index >= 15 is 0 Å². The van der Waals surface area contributed by atoms with Crippen molar-refractivity contribution < 1.29 is 9.59 Å². The van der Waals surface area contributed by atoms with E-state index in [1.807, 2.05) is 29.2 Å². The lowest BCUT2D eigenvalue weighted by Gasteiger charge is -2.43. The predicted molar refractivity (Wildman–Crippen MR) is 152 cm³/mol. The summed E-state index contributed by atoms with van der Waals surface area (Å²) in [5, 5.41) is 4.82. The summed E-state index contributed by atoms with van der Waals surface area (Å²) in [5.41, 5.74) is 0. The van der Waals surface area contributed by atoms with Crippen LogP contribution < -0.4 is 5.32 Å². The van der Waals surface area contributed by atoms with Crippen LogP contribution >= 0.6 is 22.9 Å². The van der Waals surface area contributed by atoms with Crippen LogP contribution in [0.5, 0.6) is 0 Å². The minimum absolute atomic E-state index is 0.0828. The summed E-state index contributed by atoms with van der Waals surface area (Å²) in [7, 11) is 4.34. The lowest BCUT2D eigenvalue weighted by Crippen LogP contribution is -2.57. The molecule has 0 unspecified atom stereocenters. The van der Waals surface area contributed by atoms with Gasteiger partial charge in [0.05, 0.1) is 4.88 Å². The fourth-order valence-electron chi connectivity index (χ4n) is 6.09. The van der Waals surface area contributed by atoms with Crippen LogP contribution in [0.2, 0.25) is 5.02 Å². The Bertz CT molecular complexity index is 1090. The molecule has 3 aliphatic rings. The molecule has 4 heterocycles. The summed E-state index contributed by atoms with van der Waals surface area (Å²) >= 11 is 7.58. The number of amides is 2. The molecule has 3 aliphatic heterocycles. The number of piperidine rings is 2. The van der Waals surface area contributed by atoms with Crippen molar-refractivity contribution in [2.45, 2.75) is 44.2 Å². The molecular formula is C28H40ClN5O2S. The molecular weight excluding hydrogens is 506 g/mol. The average Bonchev–Trinajstić information content (AvgIpc) is 3.33. The second-order valence-corrected chi connectivity index (χ2v) is 12.7. The van der Waals surface area contributed by atoms with E-state index in [9.17, 15) is 9.59 Å². The molecule has 3 saturated heterocycles. The molecule has 1 aromatic carbocycles. The van der Waals surface area contributed by atoms with Crippen LogP contribution in [0, 0.1) is 5.92 Å². The average molecular weight is 546 g/mol. The Morgan fingerprint density at radius 3 is 2.27 bits per heavy atom. The zero-order valence-corrected chi connectivity index (χ0v) is 23.7. The van der Waals surface area contributed by atoms with Crippen LogP contribution in [0.25, 0.3) is 10.1 Å². The molecule has 3 fully saturated rings. The van der Waals surface area contributed by atoms with Gasteiger partial charge in [0.2, 0.25) is 5.91 Å². The van der Waals surface area contributed by atoms with Gasteiger partial charge in [-0.05, 0) is 102 Å².